The van der Waals surface area contributed by atoms with Crippen LogP contribution in [-0.4, -0.2) is 59.5 Å². The van der Waals surface area contributed by atoms with E-state index in [1.165, 1.54) is 11.8 Å². The molecule has 0 amide bonds. The van der Waals surface area contributed by atoms with E-state index < -0.39 is 56.1 Å². The Kier molecular flexibility index (Phi) is 6.66. The molecule has 0 saturated carbocycles. The Bertz CT molecular complexity index is 825. The summed E-state index contributed by atoms with van der Waals surface area (Å²) < 4.78 is 42.0. The number of ether oxygens (including phenoxy) is 1. The van der Waals surface area contributed by atoms with Crippen molar-refractivity contribution in [1.29, 1.82) is 0 Å². The zero-order chi connectivity index (χ0) is 21.5. The zero-order valence-corrected chi connectivity index (χ0v) is 18.7. The van der Waals surface area contributed by atoms with Crippen molar-refractivity contribution in [3.63, 3.8) is 0 Å². The van der Waals surface area contributed by atoms with Crippen LogP contribution in [0.3, 0.4) is 0 Å². The third kappa shape index (κ3) is 4.13. The highest BCUT2D eigenvalue weighted by Crippen LogP contribution is 2.46. The molecule has 1 saturated heterocycles. The molecule has 7 nitrogen and oxygen atoms in total. The summed E-state index contributed by atoms with van der Waals surface area (Å²) in [5.74, 6) is -1.02. The smallest absolute Gasteiger partial charge is 0.330 e. The summed E-state index contributed by atoms with van der Waals surface area (Å²) >= 11 is 1.33. The first-order chi connectivity index (χ1) is 12.8. The average Bonchev–Trinajstić information content (AvgIpc) is 2.83. The van der Waals surface area contributed by atoms with Crippen molar-refractivity contribution in [2.45, 2.75) is 63.0 Å². The minimum atomic E-state index is -2.47. The van der Waals surface area contributed by atoms with E-state index in [0.717, 1.165) is 0 Å². The van der Waals surface area contributed by atoms with Gasteiger partial charge in [-0.1, -0.05) is 20.8 Å². The molecule has 1 aliphatic heterocycles. The first kappa shape index (κ1) is 23.3. The number of rotatable bonds is 6. The van der Waals surface area contributed by atoms with E-state index in [4.69, 9.17) is 9.16 Å². The van der Waals surface area contributed by atoms with E-state index in [9.17, 15) is 19.1 Å². The Labute approximate surface area is 167 Å². The highest BCUT2D eigenvalue weighted by atomic mass is 32.2. The SMILES string of the molecule is CSC[C@]1(CO)O[C@@H](n2cc(F)c(=O)[nH]c2=O)[C@@H](F)C1O[Si](C)(C)C(C)(C)C. The van der Waals surface area contributed by atoms with Crippen molar-refractivity contribution in [3.05, 3.63) is 32.9 Å². The molecule has 0 bridgehead atoms. The lowest BCUT2D eigenvalue weighted by molar-refractivity contribution is -0.112. The summed E-state index contributed by atoms with van der Waals surface area (Å²) in [6.07, 6.45) is -2.15. The maximum absolute atomic E-state index is 15.6. The molecule has 1 aromatic heterocycles. The molecule has 0 aliphatic carbocycles. The van der Waals surface area contributed by atoms with Crippen molar-refractivity contribution in [3.8, 4) is 0 Å². The van der Waals surface area contributed by atoms with E-state index >= 15 is 4.39 Å². The minimum Gasteiger partial charge on any atom is -0.408 e. The number of hydrogen-bond donors (Lipinski definition) is 2. The third-order valence-corrected chi connectivity index (χ3v) is 10.8. The van der Waals surface area contributed by atoms with Crippen molar-refractivity contribution in [2.24, 2.45) is 0 Å². The molecule has 0 radical (unpaired) electrons. The van der Waals surface area contributed by atoms with Gasteiger partial charge in [-0.2, -0.15) is 16.2 Å². The number of thioether (sulfide) groups is 1. The quantitative estimate of drug-likeness (QED) is 0.660. The Balaban J connectivity index is 2.53. The number of aliphatic hydroxyl groups excluding tert-OH is 1. The van der Waals surface area contributed by atoms with Gasteiger partial charge >= 0.3 is 5.69 Å². The van der Waals surface area contributed by atoms with Gasteiger partial charge in [0.1, 0.15) is 11.7 Å². The van der Waals surface area contributed by atoms with E-state index in [2.05, 4.69) is 0 Å². The fourth-order valence-corrected chi connectivity index (χ4v) is 5.02. The highest BCUT2D eigenvalue weighted by Gasteiger charge is 2.59. The van der Waals surface area contributed by atoms with Crippen LogP contribution in [0, 0.1) is 5.82 Å². The molecular formula is C17H28F2N2O5SSi. The molecule has 11 heteroatoms. The molecule has 28 heavy (non-hydrogen) atoms. The van der Waals surface area contributed by atoms with Crippen LogP contribution in [0.25, 0.3) is 0 Å². The number of H-pyrrole nitrogens is 1. The number of halogens is 2. The third-order valence-electron chi connectivity index (χ3n) is 5.52. The van der Waals surface area contributed by atoms with Gasteiger partial charge in [-0.25, -0.2) is 9.18 Å². The second kappa shape index (κ2) is 8.02. The number of nitrogens with zero attached hydrogens (tertiary/aromatic N) is 1. The van der Waals surface area contributed by atoms with Crippen LogP contribution in [-0.2, 0) is 9.16 Å². The predicted octanol–water partition coefficient (Wildman–Crippen LogP) is 2.03. The average molecular weight is 439 g/mol. The molecular weight excluding hydrogens is 410 g/mol. The molecule has 1 fully saturated rings. The van der Waals surface area contributed by atoms with Gasteiger partial charge in [0.25, 0.3) is 5.56 Å². The largest absolute Gasteiger partial charge is 0.408 e. The molecule has 1 unspecified atom stereocenters. The predicted molar refractivity (Wildman–Crippen MR) is 107 cm³/mol. The van der Waals surface area contributed by atoms with Crippen LogP contribution in [0.1, 0.15) is 27.0 Å². The highest BCUT2D eigenvalue weighted by molar-refractivity contribution is 7.98. The van der Waals surface area contributed by atoms with Gasteiger partial charge in [-0.3, -0.25) is 14.3 Å². The lowest BCUT2D eigenvalue weighted by Gasteiger charge is -2.42. The summed E-state index contributed by atoms with van der Waals surface area (Å²) in [6, 6.07) is 0. The second-order valence-corrected chi connectivity index (χ2v) is 14.2. The Morgan fingerprint density at radius 1 is 1.43 bits per heavy atom. The van der Waals surface area contributed by atoms with Crippen LogP contribution < -0.4 is 11.2 Å². The van der Waals surface area contributed by atoms with E-state index in [1.807, 2.05) is 33.9 Å². The Morgan fingerprint density at radius 2 is 2.04 bits per heavy atom. The lowest BCUT2D eigenvalue weighted by atomic mass is 9.99. The molecule has 4 atom stereocenters. The summed E-state index contributed by atoms with van der Waals surface area (Å²) in [5.41, 5.74) is -3.60. The van der Waals surface area contributed by atoms with E-state index in [1.54, 1.807) is 11.2 Å². The van der Waals surface area contributed by atoms with Crippen molar-refractivity contribution < 1.29 is 23.1 Å². The van der Waals surface area contributed by atoms with E-state index in [-0.39, 0.29) is 10.8 Å². The van der Waals surface area contributed by atoms with Gasteiger partial charge in [0.2, 0.25) is 5.82 Å². The maximum atomic E-state index is 15.6. The molecule has 0 aromatic carbocycles. The number of alkyl halides is 1. The first-order valence-electron chi connectivity index (χ1n) is 8.90. The normalized spacial score (nSPS) is 28.7. The van der Waals surface area contributed by atoms with Crippen LogP contribution in [0.2, 0.25) is 18.1 Å². The van der Waals surface area contributed by atoms with Crippen molar-refractivity contribution in [2.75, 3.05) is 18.6 Å². The van der Waals surface area contributed by atoms with Crippen molar-refractivity contribution in [1.82, 2.24) is 9.55 Å². The second-order valence-electron chi connectivity index (χ2n) is 8.55. The van der Waals surface area contributed by atoms with Gasteiger partial charge in [-0.15, -0.1) is 0 Å². The van der Waals surface area contributed by atoms with E-state index in [0.29, 0.717) is 10.8 Å². The summed E-state index contributed by atoms with van der Waals surface area (Å²) in [5, 5.41) is 9.85. The fourth-order valence-electron chi connectivity index (χ4n) is 2.87. The van der Waals surface area contributed by atoms with Crippen LogP contribution in [0.5, 0.6) is 0 Å². The number of aromatic amines is 1. The topological polar surface area (TPSA) is 93.5 Å². The van der Waals surface area contributed by atoms with Gasteiger partial charge in [0.05, 0.1) is 12.8 Å². The van der Waals surface area contributed by atoms with Gasteiger partial charge in [0.15, 0.2) is 20.7 Å². The molecule has 160 valence electrons. The first-order valence-corrected chi connectivity index (χ1v) is 13.2. The van der Waals surface area contributed by atoms with Crippen LogP contribution in [0.15, 0.2) is 15.8 Å². The fraction of sp³-hybridized carbons (Fsp3) is 0.765. The molecule has 1 aromatic rings. The summed E-state index contributed by atoms with van der Waals surface area (Å²) in [7, 11) is -2.47. The Morgan fingerprint density at radius 3 is 2.54 bits per heavy atom. The summed E-state index contributed by atoms with van der Waals surface area (Å²) in [4.78, 5) is 25.2. The number of nitrogens with one attached hydrogen (secondary N) is 1. The molecule has 2 N–H and O–H groups in total. The standard InChI is InChI=1S/C17H28F2N2O5SSi/c1-16(2,3)28(5,6)26-12-11(19)14(25-17(12,8-22)9-27-4)21-7-10(18)13(23)20-15(21)24/h7,11-12,14,22H,8-9H2,1-6H3,(H,20,23,24)/t11-,12?,14+,17-/m0/s1. The zero-order valence-electron chi connectivity index (χ0n) is 16.9. The molecule has 1 aliphatic rings. The number of aliphatic hydroxyl groups is 1. The van der Waals surface area contributed by atoms with Gasteiger partial charge < -0.3 is 14.3 Å². The van der Waals surface area contributed by atoms with Crippen molar-refractivity contribution >= 4 is 20.1 Å². The van der Waals surface area contributed by atoms with Crippen LogP contribution >= 0.6 is 11.8 Å². The molecule has 2 rings (SSSR count). The van der Waals surface area contributed by atoms with Gasteiger partial charge in [0, 0.05) is 5.75 Å². The van der Waals surface area contributed by atoms with Crippen LogP contribution in [0.4, 0.5) is 8.78 Å². The Hall–Kier alpha value is -1.01. The van der Waals surface area contributed by atoms with Gasteiger partial charge in [-0.05, 0) is 24.4 Å². The molecule has 0 spiro atoms. The number of hydrogen-bond acceptors (Lipinski definition) is 6. The number of aromatic nitrogens is 2. The minimum absolute atomic E-state index is 0.209. The molecule has 2 heterocycles. The lowest BCUT2D eigenvalue weighted by Crippen LogP contribution is -2.55. The summed E-state index contributed by atoms with van der Waals surface area (Å²) in [6.45, 7) is 9.34. The monoisotopic (exact) mass is 438 g/mol. The maximum Gasteiger partial charge on any atom is 0.330 e.